The highest BCUT2D eigenvalue weighted by molar-refractivity contribution is 5.80. The lowest BCUT2D eigenvalue weighted by atomic mass is 10.1. The summed E-state index contributed by atoms with van der Waals surface area (Å²) in [7, 11) is 1.82. The second-order valence-electron chi connectivity index (χ2n) is 6.03. The van der Waals surface area contributed by atoms with E-state index in [0.717, 1.165) is 50.1 Å². The molecule has 2 heterocycles. The van der Waals surface area contributed by atoms with E-state index in [2.05, 4.69) is 34.2 Å². The van der Waals surface area contributed by atoms with Gasteiger partial charge in [0.15, 0.2) is 11.7 Å². The lowest BCUT2D eigenvalue weighted by Gasteiger charge is -2.21. The van der Waals surface area contributed by atoms with Crippen LogP contribution < -0.4 is 5.32 Å². The van der Waals surface area contributed by atoms with Crippen molar-refractivity contribution in [3.8, 4) is 0 Å². The summed E-state index contributed by atoms with van der Waals surface area (Å²) in [5, 5.41) is 7.44. The first kappa shape index (κ1) is 16.8. The fourth-order valence-electron chi connectivity index (χ4n) is 2.63. The molecule has 22 heavy (non-hydrogen) atoms. The molecule has 1 N–H and O–H groups in total. The average Bonchev–Trinajstić information content (AvgIpc) is 3.15. The molecule has 1 aromatic heterocycles. The highest BCUT2D eigenvalue weighted by Gasteiger charge is 2.25. The maximum absolute atomic E-state index is 5.52. The van der Waals surface area contributed by atoms with Crippen molar-refractivity contribution in [1.29, 1.82) is 0 Å². The van der Waals surface area contributed by atoms with Crippen LogP contribution in [0.1, 0.15) is 44.6 Å². The van der Waals surface area contributed by atoms with E-state index in [-0.39, 0.29) is 0 Å². The number of rotatable bonds is 6. The number of nitrogens with one attached hydrogen (secondary N) is 1. The predicted molar refractivity (Wildman–Crippen MR) is 87.0 cm³/mol. The third-order valence-corrected chi connectivity index (χ3v) is 3.94. The Bertz CT molecular complexity index is 484. The summed E-state index contributed by atoms with van der Waals surface area (Å²) in [6, 6.07) is 2.01. The molecule has 6 nitrogen and oxygen atoms in total. The van der Waals surface area contributed by atoms with Gasteiger partial charge in [0.05, 0.1) is 18.8 Å². The first-order valence-electron chi connectivity index (χ1n) is 8.12. The minimum Gasteiger partial charge on any atom is -0.381 e. The predicted octanol–water partition coefficient (Wildman–Crippen LogP) is 2.23. The first-order chi connectivity index (χ1) is 10.6. The van der Waals surface area contributed by atoms with Crippen LogP contribution in [0.4, 0.5) is 0 Å². The highest BCUT2D eigenvalue weighted by atomic mass is 16.5. The fraction of sp³-hybridized carbons (Fsp3) is 0.750. The smallest absolute Gasteiger partial charge is 0.194 e. The number of guanidine groups is 1. The molecule has 0 aromatic carbocycles. The van der Waals surface area contributed by atoms with Crippen molar-refractivity contribution < 1.29 is 9.26 Å². The summed E-state index contributed by atoms with van der Waals surface area (Å²) < 4.78 is 10.9. The van der Waals surface area contributed by atoms with Crippen LogP contribution in [0.3, 0.4) is 0 Å². The molecule has 1 unspecified atom stereocenters. The van der Waals surface area contributed by atoms with Crippen molar-refractivity contribution in [3.63, 3.8) is 0 Å². The molecule has 0 saturated carbocycles. The van der Waals surface area contributed by atoms with Gasteiger partial charge in [-0.2, -0.15) is 0 Å². The number of ether oxygens (including phenoxy) is 1. The normalized spacial score (nSPS) is 19.2. The monoisotopic (exact) mass is 308 g/mol. The van der Waals surface area contributed by atoms with E-state index in [1.807, 2.05) is 20.0 Å². The topological polar surface area (TPSA) is 62.9 Å². The number of nitrogens with zero attached hydrogens (tertiary/aromatic N) is 3. The Morgan fingerprint density at radius 3 is 3.05 bits per heavy atom. The lowest BCUT2D eigenvalue weighted by Crippen LogP contribution is -2.39. The minimum absolute atomic E-state index is 0.384. The van der Waals surface area contributed by atoms with Crippen LogP contribution >= 0.6 is 0 Å². The Balaban J connectivity index is 1.82. The van der Waals surface area contributed by atoms with Crippen LogP contribution in [0.5, 0.6) is 0 Å². The Labute approximate surface area is 132 Å². The highest BCUT2D eigenvalue weighted by Crippen LogP contribution is 2.17. The SMILES string of the molecule is CCOCC1CCN(C(=NC)NCc2cc(C(C)C)no2)C1. The van der Waals surface area contributed by atoms with Gasteiger partial charge in [0.25, 0.3) is 0 Å². The molecule has 1 saturated heterocycles. The van der Waals surface area contributed by atoms with E-state index in [0.29, 0.717) is 18.4 Å². The molecule has 1 aliphatic heterocycles. The maximum atomic E-state index is 5.52. The molecule has 1 aliphatic rings. The Hall–Kier alpha value is -1.56. The maximum Gasteiger partial charge on any atom is 0.194 e. The zero-order valence-electron chi connectivity index (χ0n) is 14.1. The molecule has 124 valence electrons. The zero-order chi connectivity index (χ0) is 15.9. The van der Waals surface area contributed by atoms with E-state index in [9.17, 15) is 0 Å². The van der Waals surface area contributed by atoms with Crippen molar-refractivity contribution in [3.05, 3.63) is 17.5 Å². The number of likely N-dealkylation sites (tertiary alicyclic amines) is 1. The standard InChI is InChI=1S/C16H28N4O2/c1-5-21-11-13-6-7-20(10-13)16(17-4)18-9-14-8-15(12(2)3)19-22-14/h8,12-13H,5-7,9-11H2,1-4H3,(H,17,18). The largest absolute Gasteiger partial charge is 0.381 e. The van der Waals surface area contributed by atoms with Crippen molar-refractivity contribution in [2.24, 2.45) is 10.9 Å². The quantitative estimate of drug-likeness (QED) is 0.645. The van der Waals surface area contributed by atoms with Crippen LogP contribution in [0.2, 0.25) is 0 Å². The molecule has 1 atom stereocenters. The van der Waals surface area contributed by atoms with E-state index in [1.54, 1.807) is 0 Å². The molecule has 1 fully saturated rings. The molecule has 1 aromatic rings. The van der Waals surface area contributed by atoms with E-state index in [4.69, 9.17) is 9.26 Å². The van der Waals surface area contributed by atoms with Gasteiger partial charge < -0.3 is 19.5 Å². The van der Waals surface area contributed by atoms with Crippen LogP contribution in [-0.2, 0) is 11.3 Å². The number of aromatic nitrogens is 1. The summed E-state index contributed by atoms with van der Waals surface area (Å²) in [5.74, 6) is 2.74. The number of hydrogen-bond donors (Lipinski definition) is 1. The van der Waals surface area contributed by atoms with E-state index in [1.165, 1.54) is 0 Å². The third-order valence-electron chi connectivity index (χ3n) is 3.94. The Morgan fingerprint density at radius 2 is 2.41 bits per heavy atom. The second-order valence-corrected chi connectivity index (χ2v) is 6.03. The van der Waals surface area contributed by atoms with Gasteiger partial charge in [0.1, 0.15) is 0 Å². The van der Waals surface area contributed by atoms with Gasteiger partial charge in [-0.15, -0.1) is 0 Å². The van der Waals surface area contributed by atoms with Crippen LogP contribution in [0, 0.1) is 5.92 Å². The molecule has 6 heteroatoms. The summed E-state index contributed by atoms with van der Waals surface area (Å²) in [5.41, 5.74) is 0.990. The molecule has 0 amide bonds. The van der Waals surface area contributed by atoms with Crippen LogP contribution in [-0.4, -0.2) is 49.4 Å². The van der Waals surface area contributed by atoms with Crippen molar-refractivity contribution in [2.45, 2.75) is 39.7 Å². The van der Waals surface area contributed by atoms with Crippen molar-refractivity contribution in [2.75, 3.05) is 33.4 Å². The van der Waals surface area contributed by atoms with Crippen molar-refractivity contribution in [1.82, 2.24) is 15.4 Å². The van der Waals surface area contributed by atoms with E-state index >= 15 is 0 Å². The van der Waals surface area contributed by atoms with Crippen LogP contribution in [0.15, 0.2) is 15.6 Å². The minimum atomic E-state index is 0.384. The average molecular weight is 308 g/mol. The van der Waals surface area contributed by atoms with Gasteiger partial charge >= 0.3 is 0 Å². The third kappa shape index (κ3) is 4.47. The molecule has 0 bridgehead atoms. The summed E-state index contributed by atoms with van der Waals surface area (Å²) in [6.45, 7) is 10.5. The summed E-state index contributed by atoms with van der Waals surface area (Å²) in [6.07, 6.45) is 1.15. The first-order valence-corrected chi connectivity index (χ1v) is 8.12. The number of hydrogen-bond acceptors (Lipinski definition) is 4. The Morgan fingerprint density at radius 1 is 1.59 bits per heavy atom. The zero-order valence-corrected chi connectivity index (χ0v) is 14.1. The molecule has 0 aliphatic carbocycles. The summed E-state index contributed by atoms with van der Waals surface area (Å²) >= 11 is 0. The van der Waals surface area contributed by atoms with Gasteiger partial charge in [-0.05, 0) is 19.3 Å². The Kier molecular flexibility index (Phi) is 6.24. The van der Waals surface area contributed by atoms with Gasteiger partial charge in [-0.1, -0.05) is 19.0 Å². The van der Waals surface area contributed by atoms with Gasteiger partial charge in [-0.3, -0.25) is 4.99 Å². The van der Waals surface area contributed by atoms with Gasteiger partial charge in [-0.25, -0.2) is 0 Å². The van der Waals surface area contributed by atoms with E-state index < -0.39 is 0 Å². The second kappa shape index (κ2) is 8.17. The van der Waals surface area contributed by atoms with Crippen LogP contribution in [0.25, 0.3) is 0 Å². The summed E-state index contributed by atoms with van der Waals surface area (Å²) in [4.78, 5) is 6.65. The van der Waals surface area contributed by atoms with Crippen molar-refractivity contribution >= 4 is 5.96 Å². The molecular formula is C16H28N4O2. The lowest BCUT2D eigenvalue weighted by molar-refractivity contribution is 0.114. The molecular weight excluding hydrogens is 280 g/mol. The van der Waals surface area contributed by atoms with Gasteiger partial charge in [0, 0.05) is 38.7 Å². The molecule has 0 radical (unpaired) electrons. The fourth-order valence-corrected chi connectivity index (χ4v) is 2.63. The molecule has 0 spiro atoms. The molecule has 2 rings (SSSR count). The van der Waals surface area contributed by atoms with Gasteiger partial charge in [0.2, 0.25) is 0 Å². The number of aliphatic imine (C=N–C) groups is 1.